The quantitative estimate of drug-likeness (QED) is 0.782. The van der Waals surface area contributed by atoms with E-state index in [4.69, 9.17) is 5.73 Å². The molecular formula is C13H27N3. The zero-order valence-electron chi connectivity index (χ0n) is 10.7. The number of rotatable bonds is 4. The second kappa shape index (κ2) is 5.48. The average Bonchev–Trinajstić information content (AvgIpc) is 2.69. The minimum Gasteiger partial charge on any atom is -0.325 e. The smallest absolute Gasteiger partial charge is 0.0154 e. The van der Waals surface area contributed by atoms with Crippen LogP contribution >= 0.6 is 0 Å². The number of nitrogens with two attached hydrogens (primary N) is 1. The van der Waals surface area contributed by atoms with Gasteiger partial charge in [-0.25, -0.2) is 0 Å². The molecule has 3 heteroatoms. The summed E-state index contributed by atoms with van der Waals surface area (Å²) >= 11 is 0. The molecule has 0 aromatic carbocycles. The van der Waals surface area contributed by atoms with E-state index in [1.807, 2.05) is 0 Å². The predicted molar refractivity (Wildman–Crippen MR) is 68.6 cm³/mol. The monoisotopic (exact) mass is 225 g/mol. The normalized spacial score (nSPS) is 27.4. The van der Waals surface area contributed by atoms with Crippen molar-refractivity contribution < 1.29 is 0 Å². The third-order valence-corrected chi connectivity index (χ3v) is 4.34. The Morgan fingerprint density at radius 3 is 2.31 bits per heavy atom. The predicted octanol–water partition coefficient (Wildman–Crippen LogP) is 1.29. The van der Waals surface area contributed by atoms with Crippen LogP contribution in [0.25, 0.3) is 0 Å². The van der Waals surface area contributed by atoms with Crippen LogP contribution in [0.5, 0.6) is 0 Å². The summed E-state index contributed by atoms with van der Waals surface area (Å²) in [7, 11) is 2.21. The number of piperazine rings is 1. The summed E-state index contributed by atoms with van der Waals surface area (Å²) in [6, 6.07) is 0. The highest BCUT2D eigenvalue weighted by molar-refractivity contribution is 4.89. The molecule has 3 nitrogen and oxygen atoms in total. The van der Waals surface area contributed by atoms with E-state index in [1.165, 1.54) is 71.2 Å². The highest BCUT2D eigenvalue weighted by Gasteiger charge is 2.28. The van der Waals surface area contributed by atoms with Gasteiger partial charge in [0.05, 0.1) is 0 Å². The van der Waals surface area contributed by atoms with Gasteiger partial charge in [-0.1, -0.05) is 12.8 Å². The maximum absolute atomic E-state index is 6.37. The summed E-state index contributed by atoms with van der Waals surface area (Å²) < 4.78 is 0. The van der Waals surface area contributed by atoms with Crippen LogP contribution in [0.4, 0.5) is 0 Å². The third-order valence-electron chi connectivity index (χ3n) is 4.34. The first-order valence-electron chi connectivity index (χ1n) is 6.88. The fourth-order valence-electron chi connectivity index (χ4n) is 3.06. The average molecular weight is 225 g/mol. The maximum atomic E-state index is 6.37. The molecular weight excluding hydrogens is 198 g/mol. The van der Waals surface area contributed by atoms with Crippen molar-refractivity contribution in [3.05, 3.63) is 0 Å². The molecule has 1 saturated carbocycles. The summed E-state index contributed by atoms with van der Waals surface area (Å²) in [5.74, 6) is 0. The maximum Gasteiger partial charge on any atom is 0.0154 e. The molecule has 16 heavy (non-hydrogen) atoms. The molecule has 1 aliphatic heterocycles. The van der Waals surface area contributed by atoms with Crippen molar-refractivity contribution >= 4 is 0 Å². The van der Waals surface area contributed by atoms with Crippen LogP contribution in [0.1, 0.15) is 38.5 Å². The SMILES string of the molecule is CN1CCN(CCCC2(N)CCCC2)CC1. The van der Waals surface area contributed by atoms with E-state index in [0.717, 1.165) is 0 Å². The minimum absolute atomic E-state index is 0.201. The lowest BCUT2D eigenvalue weighted by Crippen LogP contribution is -2.45. The Kier molecular flexibility index (Phi) is 4.22. The molecule has 1 aliphatic carbocycles. The van der Waals surface area contributed by atoms with E-state index in [-0.39, 0.29) is 5.54 Å². The molecule has 2 aliphatic rings. The molecule has 2 N–H and O–H groups in total. The Balaban J connectivity index is 1.61. The van der Waals surface area contributed by atoms with Crippen molar-refractivity contribution in [2.75, 3.05) is 39.8 Å². The van der Waals surface area contributed by atoms with Gasteiger partial charge in [-0.3, -0.25) is 0 Å². The van der Waals surface area contributed by atoms with Gasteiger partial charge >= 0.3 is 0 Å². The molecule has 1 heterocycles. The standard InChI is InChI=1S/C13H27N3/c1-15-9-11-16(12-10-15)8-4-7-13(14)5-2-3-6-13/h2-12,14H2,1H3. The van der Waals surface area contributed by atoms with Crippen molar-refractivity contribution in [1.29, 1.82) is 0 Å². The fraction of sp³-hybridized carbons (Fsp3) is 1.00. The molecule has 1 saturated heterocycles. The van der Waals surface area contributed by atoms with Crippen LogP contribution in [-0.2, 0) is 0 Å². The van der Waals surface area contributed by atoms with Gasteiger partial charge in [0.1, 0.15) is 0 Å². The van der Waals surface area contributed by atoms with E-state index in [9.17, 15) is 0 Å². The Morgan fingerprint density at radius 2 is 1.69 bits per heavy atom. The molecule has 0 amide bonds. The number of likely N-dealkylation sites (N-methyl/N-ethyl adjacent to an activating group) is 1. The summed E-state index contributed by atoms with van der Waals surface area (Å²) in [5, 5.41) is 0. The zero-order chi connectivity index (χ0) is 11.4. The highest BCUT2D eigenvalue weighted by Crippen LogP contribution is 2.30. The van der Waals surface area contributed by atoms with Crippen molar-refractivity contribution in [1.82, 2.24) is 9.80 Å². The van der Waals surface area contributed by atoms with Crippen LogP contribution in [0.15, 0.2) is 0 Å². The summed E-state index contributed by atoms with van der Waals surface area (Å²) in [5.41, 5.74) is 6.57. The Hall–Kier alpha value is -0.120. The number of hydrogen-bond acceptors (Lipinski definition) is 3. The van der Waals surface area contributed by atoms with Gasteiger partial charge in [-0.05, 0) is 39.3 Å². The molecule has 0 spiro atoms. The Bertz CT molecular complexity index is 203. The second-order valence-electron chi connectivity index (χ2n) is 5.82. The Labute approximate surface area is 100.0 Å². The van der Waals surface area contributed by atoms with Crippen LogP contribution in [0, 0.1) is 0 Å². The van der Waals surface area contributed by atoms with Crippen LogP contribution < -0.4 is 5.73 Å². The first-order chi connectivity index (χ1) is 7.68. The van der Waals surface area contributed by atoms with E-state index in [1.54, 1.807) is 0 Å². The molecule has 2 fully saturated rings. The van der Waals surface area contributed by atoms with Crippen LogP contribution in [0.2, 0.25) is 0 Å². The number of nitrogens with zero attached hydrogens (tertiary/aromatic N) is 2. The summed E-state index contributed by atoms with van der Waals surface area (Å²) in [6.45, 7) is 6.20. The van der Waals surface area contributed by atoms with Gasteiger partial charge in [0, 0.05) is 31.7 Å². The fourth-order valence-corrected chi connectivity index (χ4v) is 3.06. The Morgan fingerprint density at radius 1 is 1.06 bits per heavy atom. The van der Waals surface area contributed by atoms with Crippen molar-refractivity contribution in [2.45, 2.75) is 44.1 Å². The molecule has 0 radical (unpaired) electrons. The highest BCUT2D eigenvalue weighted by atomic mass is 15.2. The van der Waals surface area contributed by atoms with E-state index < -0.39 is 0 Å². The molecule has 0 atom stereocenters. The van der Waals surface area contributed by atoms with Gasteiger partial charge in [0.2, 0.25) is 0 Å². The molecule has 0 aromatic heterocycles. The molecule has 94 valence electrons. The van der Waals surface area contributed by atoms with E-state index in [2.05, 4.69) is 16.8 Å². The van der Waals surface area contributed by atoms with Crippen LogP contribution in [0.3, 0.4) is 0 Å². The molecule has 0 bridgehead atoms. The third kappa shape index (κ3) is 3.44. The van der Waals surface area contributed by atoms with Gasteiger partial charge in [0.15, 0.2) is 0 Å². The lowest BCUT2D eigenvalue weighted by molar-refractivity contribution is 0.149. The molecule has 0 aromatic rings. The van der Waals surface area contributed by atoms with Gasteiger partial charge in [-0.2, -0.15) is 0 Å². The minimum atomic E-state index is 0.201. The second-order valence-corrected chi connectivity index (χ2v) is 5.82. The van der Waals surface area contributed by atoms with Gasteiger partial charge < -0.3 is 15.5 Å². The van der Waals surface area contributed by atoms with Crippen molar-refractivity contribution in [3.63, 3.8) is 0 Å². The van der Waals surface area contributed by atoms with E-state index in [0.29, 0.717) is 0 Å². The lowest BCUT2D eigenvalue weighted by Gasteiger charge is -2.33. The topological polar surface area (TPSA) is 32.5 Å². The summed E-state index contributed by atoms with van der Waals surface area (Å²) in [6.07, 6.45) is 7.75. The first kappa shape index (κ1) is 12.3. The first-order valence-corrected chi connectivity index (χ1v) is 6.88. The zero-order valence-corrected chi connectivity index (χ0v) is 10.7. The molecule has 0 unspecified atom stereocenters. The van der Waals surface area contributed by atoms with Gasteiger partial charge in [0.25, 0.3) is 0 Å². The van der Waals surface area contributed by atoms with Gasteiger partial charge in [-0.15, -0.1) is 0 Å². The lowest BCUT2D eigenvalue weighted by atomic mass is 9.93. The number of hydrogen-bond donors (Lipinski definition) is 1. The van der Waals surface area contributed by atoms with Crippen molar-refractivity contribution in [3.8, 4) is 0 Å². The molecule has 2 rings (SSSR count). The summed E-state index contributed by atoms with van der Waals surface area (Å²) in [4.78, 5) is 5.01. The largest absolute Gasteiger partial charge is 0.325 e. The van der Waals surface area contributed by atoms with Crippen molar-refractivity contribution in [2.24, 2.45) is 5.73 Å². The van der Waals surface area contributed by atoms with E-state index >= 15 is 0 Å². The van der Waals surface area contributed by atoms with Crippen LogP contribution in [-0.4, -0.2) is 55.1 Å².